The van der Waals surface area contributed by atoms with Gasteiger partial charge in [-0.2, -0.15) is 0 Å². The molecule has 0 fully saturated rings. The van der Waals surface area contributed by atoms with Crippen LogP contribution in [-0.4, -0.2) is 8.42 Å². The molecule has 19 heavy (non-hydrogen) atoms. The second-order valence-electron chi connectivity index (χ2n) is 4.69. The third-order valence-electron chi connectivity index (χ3n) is 3.43. The highest BCUT2D eigenvalue weighted by atomic mass is 32.2. The first-order chi connectivity index (χ1) is 9.05. The van der Waals surface area contributed by atoms with E-state index < -0.39 is 9.84 Å². The van der Waals surface area contributed by atoms with Crippen LogP contribution in [0.1, 0.15) is 31.7 Å². The van der Waals surface area contributed by atoms with E-state index in [-0.39, 0.29) is 0 Å². The highest BCUT2D eigenvalue weighted by Crippen LogP contribution is 2.24. The number of sulfone groups is 1. The summed E-state index contributed by atoms with van der Waals surface area (Å²) in [5, 5.41) is 0. The number of hydrogen-bond acceptors (Lipinski definition) is 2. The summed E-state index contributed by atoms with van der Waals surface area (Å²) in [6.45, 7) is 4.26. The Labute approximate surface area is 115 Å². The van der Waals surface area contributed by atoms with Crippen LogP contribution in [0.3, 0.4) is 0 Å². The van der Waals surface area contributed by atoms with Gasteiger partial charge in [-0.25, -0.2) is 8.42 Å². The lowest BCUT2D eigenvalue weighted by Crippen LogP contribution is -2.02. The maximum absolute atomic E-state index is 12.4. The molecule has 0 amide bonds. The van der Waals surface area contributed by atoms with E-state index in [1.807, 2.05) is 18.2 Å². The fourth-order valence-electron chi connectivity index (χ4n) is 1.95. The summed E-state index contributed by atoms with van der Waals surface area (Å²) in [5.41, 5.74) is 1.18. The van der Waals surface area contributed by atoms with E-state index >= 15 is 0 Å². The van der Waals surface area contributed by atoms with Crippen LogP contribution in [0.15, 0.2) is 64.4 Å². The highest BCUT2D eigenvalue weighted by molar-refractivity contribution is 7.91. The smallest absolute Gasteiger partial charge is 0.206 e. The third-order valence-corrected chi connectivity index (χ3v) is 5.21. The predicted octanol–water partition coefficient (Wildman–Crippen LogP) is 4.03. The molecule has 0 saturated heterocycles. The van der Waals surface area contributed by atoms with Crippen molar-refractivity contribution in [2.75, 3.05) is 0 Å². The van der Waals surface area contributed by atoms with Crippen LogP contribution < -0.4 is 0 Å². The Morgan fingerprint density at radius 3 is 1.95 bits per heavy atom. The quantitative estimate of drug-likeness (QED) is 0.843. The van der Waals surface area contributed by atoms with Gasteiger partial charge in [-0.15, -0.1) is 0 Å². The fourth-order valence-corrected chi connectivity index (χ4v) is 3.23. The zero-order chi connectivity index (χ0) is 13.9. The molecule has 0 aliphatic heterocycles. The summed E-state index contributed by atoms with van der Waals surface area (Å²) in [6, 6.07) is 15.7. The van der Waals surface area contributed by atoms with Crippen molar-refractivity contribution in [2.45, 2.75) is 36.0 Å². The van der Waals surface area contributed by atoms with Gasteiger partial charge in [-0.3, -0.25) is 0 Å². The van der Waals surface area contributed by atoms with Crippen LogP contribution in [0.4, 0.5) is 0 Å². The molecule has 2 nitrogen and oxygen atoms in total. The van der Waals surface area contributed by atoms with Crippen molar-refractivity contribution < 1.29 is 8.42 Å². The minimum absolute atomic E-state index is 0.339. The molecule has 0 heterocycles. The van der Waals surface area contributed by atoms with E-state index in [9.17, 15) is 8.42 Å². The minimum Gasteiger partial charge on any atom is -0.219 e. The van der Waals surface area contributed by atoms with Gasteiger partial charge in [0.05, 0.1) is 9.79 Å². The molecular weight excluding hydrogens is 256 g/mol. The van der Waals surface area contributed by atoms with Gasteiger partial charge in [0, 0.05) is 0 Å². The SMILES string of the molecule is CCC(C)c1ccc(S(=O)(=O)c2ccccc2)cc1. The van der Waals surface area contributed by atoms with Gasteiger partial charge in [-0.1, -0.05) is 44.2 Å². The zero-order valence-corrected chi connectivity index (χ0v) is 12.0. The molecule has 0 aromatic heterocycles. The van der Waals surface area contributed by atoms with Crippen molar-refractivity contribution in [3.05, 3.63) is 60.2 Å². The highest BCUT2D eigenvalue weighted by Gasteiger charge is 2.17. The Morgan fingerprint density at radius 2 is 1.42 bits per heavy atom. The van der Waals surface area contributed by atoms with E-state index in [4.69, 9.17) is 0 Å². The second-order valence-corrected chi connectivity index (χ2v) is 6.64. The van der Waals surface area contributed by atoms with Gasteiger partial charge in [0.15, 0.2) is 0 Å². The van der Waals surface area contributed by atoms with Crippen LogP contribution in [0, 0.1) is 0 Å². The molecule has 2 aromatic carbocycles. The summed E-state index contributed by atoms with van der Waals surface area (Å²) < 4.78 is 24.8. The molecular formula is C16H18O2S. The lowest BCUT2D eigenvalue weighted by molar-refractivity contribution is 0.596. The molecule has 2 aromatic rings. The Bertz CT molecular complexity index is 628. The normalized spacial score (nSPS) is 13.2. The van der Waals surface area contributed by atoms with E-state index in [1.54, 1.807) is 36.4 Å². The summed E-state index contributed by atoms with van der Waals surface area (Å²) >= 11 is 0. The van der Waals surface area contributed by atoms with Gasteiger partial charge >= 0.3 is 0 Å². The molecule has 0 saturated carbocycles. The molecule has 100 valence electrons. The second kappa shape index (κ2) is 5.57. The number of benzene rings is 2. The maximum atomic E-state index is 12.4. The van der Waals surface area contributed by atoms with E-state index in [0.717, 1.165) is 6.42 Å². The van der Waals surface area contributed by atoms with Crippen molar-refractivity contribution in [1.82, 2.24) is 0 Å². The molecule has 2 rings (SSSR count). The third kappa shape index (κ3) is 2.87. The molecule has 0 aliphatic rings. The molecule has 1 atom stereocenters. The zero-order valence-electron chi connectivity index (χ0n) is 11.2. The Hall–Kier alpha value is -1.61. The summed E-state index contributed by atoms with van der Waals surface area (Å²) in [5.74, 6) is 0.452. The average Bonchev–Trinajstić information content (AvgIpc) is 2.47. The van der Waals surface area contributed by atoms with E-state index in [0.29, 0.717) is 15.7 Å². The first-order valence-electron chi connectivity index (χ1n) is 6.46. The lowest BCUT2D eigenvalue weighted by Gasteiger charge is -2.10. The summed E-state index contributed by atoms with van der Waals surface area (Å²) in [7, 11) is -3.39. The van der Waals surface area contributed by atoms with Crippen LogP contribution in [0.25, 0.3) is 0 Å². The predicted molar refractivity (Wildman–Crippen MR) is 77.0 cm³/mol. The summed E-state index contributed by atoms with van der Waals surface area (Å²) in [6.07, 6.45) is 1.05. The standard InChI is InChI=1S/C16H18O2S/c1-3-13(2)14-9-11-16(12-10-14)19(17,18)15-7-5-4-6-8-15/h4-13H,3H2,1-2H3. The van der Waals surface area contributed by atoms with Gasteiger partial charge in [-0.05, 0) is 42.2 Å². The Morgan fingerprint density at radius 1 is 0.895 bits per heavy atom. The van der Waals surface area contributed by atoms with Crippen LogP contribution in [-0.2, 0) is 9.84 Å². The van der Waals surface area contributed by atoms with Crippen molar-refractivity contribution >= 4 is 9.84 Å². The van der Waals surface area contributed by atoms with Crippen LogP contribution >= 0.6 is 0 Å². The first-order valence-corrected chi connectivity index (χ1v) is 7.94. The van der Waals surface area contributed by atoms with Crippen molar-refractivity contribution in [2.24, 2.45) is 0 Å². The van der Waals surface area contributed by atoms with Crippen LogP contribution in [0.2, 0.25) is 0 Å². The van der Waals surface area contributed by atoms with E-state index in [1.165, 1.54) is 5.56 Å². The van der Waals surface area contributed by atoms with Crippen LogP contribution in [0.5, 0.6) is 0 Å². The van der Waals surface area contributed by atoms with Gasteiger partial charge in [0.2, 0.25) is 9.84 Å². The Balaban J connectivity index is 2.37. The monoisotopic (exact) mass is 274 g/mol. The van der Waals surface area contributed by atoms with E-state index in [2.05, 4.69) is 13.8 Å². The molecule has 0 radical (unpaired) electrons. The topological polar surface area (TPSA) is 34.1 Å². The maximum Gasteiger partial charge on any atom is 0.206 e. The molecule has 0 bridgehead atoms. The molecule has 0 spiro atoms. The number of hydrogen-bond donors (Lipinski definition) is 0. The van der Waals surface area contributed by atoms with Gasteiger partial charge < -0.3 is 0 Å². The summed E-state index contributed by atoms with van der Waals surface area (Å²) in [4.78, 5) is 0.692. The fraction of sp³-hybridized carbons (Fsp3) is 0.250. The molecule has 1 unspecified atom stereocenters. The van der Waals surface area contributed by atoms with Crippen molar-refractivity contribution in [3.8, 4) is 0 Å². The number of rotatable bonds is 4. The lowest BCUT2D eigenvalue weighted by atomic mass is 9.99. The molecule has 0 N–H and O–H groups in total. The first kappa shape index (κ1) is 13.8. The molecule has 3 heteroatoms. The largest absolute Gasteiger partial charge is 0.219 e. The molecule has 0 aliphatic carbocycles. The Kier molecular flexibility index (Phi) is 4.05. The van der Waals surface area contributed by atoms with Crippen molar-refractivity contribution in [3.63, 3.8) is 0 Å². The van der Waals surface area contributed by atoms with Gasteiger partial charge in [0.1, 0.15) is 0 Å². The minimum atomic E-state index is -3.39. The van der Waals surface area contributed by atoms with Crippen molar-refractivity contribution in [1.29, 1.82) is 0 Å². The average molecular weight is 274 g/mol. The van der Waals surface area contributed by atoms with Gasteiger partial charge in [0.25, 0.3) is 0 Å².